The van der Waals surface area contributed by atoms with Crippen LogP contribution in [0, 0.1) is 18.6 Å². The maximum Gasteiger partial charge on any atom is 0.417 e. The first-order valence-electron chi connectivity index (χ1n) is 12.9. The van der Waals surface area contributed by atoms with Gasteiger partial charge in [0.2, 0.25) is 5.88 Å². The molecular weight excluding hydrogens is 585 g/mol. The quantitative estimate of drug-likeness (QED) is 0.198. The zero-order valence-corrected chi connectivity index (χ0v) is 23.1. The second kappa shape index (κ2) is 11.7. The summed E-state index contributed by atoms with van der Waals surface area (Å²) in [4.78, 5) is 16.7. The van der Waals surface area contributed by atoms with E-state index in [1.54, 1.807) is 13.0 Å². The van der Waals surface area contributed by atoms with Crippen LogP contribution >= 0.6 is 11.6 Å². The first kappa shape index (κ1) is 29.5. The number of nitrogens with zero attached hydrogens (tertiary/aromatic N) is 4. The third kappa shape index (κ3) is 5.81. The third-order valence-electron chi connectivity index (χ3n) is 6.64. The number of rotatable bonds is 4. The molecule has 4 aromatic rings. The third-order valence-corrected chi connectivity index (χ3v) is 6.99. The molecule has 0 spiro atoms. The van der Waals surface area contributed by atoms with E-state index >= 15 is 4.39 Å². The highest BCUT2D eigenvalue weighted by atomic mass is 35.5. The van der Waals surface area contributed by atoms with Crippen molar-refractivity contribution in [1.29, 1.82) is 0 Å². The van der Waals surface area contributed by atoms with Crippen LogP contribution < -0.4 is 25.8 Å². The minimum absolute atomic E-state index is 0.000317. The number of benzene rings is 1. The van der Waals surface area contributed by atoms with Gasteiger partial charge in [-0.1, -0.05) is 11.6 Å². The van der Waals surface area contributed by atoms with Gasteiger partial charge in [0.1, 0.15) is 34.8 Å². The molecule has 42 heavy (non-hydrogen) atoms. The molecule has 4 heterocycles. The fraction of sp³-hybridized carbons (Fsp3) is 0.333. The first-order chi connectivity index (χ1) is 20.0. The van der Waals surface area contributed by atoms with E-state index in [4.69, 9.17) is 26.8 Å². The lowest BCUT2D eigenvalue weighted by Crippen LogP contribution is -2.26. The van der Waals surface area contributed by atoms with E-state index in [0.717, 1.165) is 6.92 Å². The van der Waals surface area contributed by atoms with E-state index in [-0.39, 0.29) is 29.7 Å². The highest BCUT2D eigenvalue weighted by Crippen LogP contribution is 2.44. The Bertz CT molecular complexity index is 1650. The van der Waals surface area contributed by atoms with Gasteiger partial charge in [-0.3, -0.25) is 4.98 Å². The summed E-state index contributed by atoms with van der Waals surface area (Å²) >= 11 is 6.16. The Hall–Kier alpha value is -4.04. The normalized spacial score (nSPS) is 16.0. The Labute approximate surface area is 241 Å². The molecule has 222 valence electrons. The van der Waals surface area contributed by atoms with Crippen molar-refractivity contribution in [3.63, 3.8) is 0 Å². The average Bonchev–Trinajstić information content (AvgIpc) is 2.96. The molecule has 1 atom stereocenters. The lowest BCUT2D eigenvalue weighted by molar-refractivity contribution is -0.137. The van der Waals surface area contributed by atoms with Crippen LogP contribution in [0.2, 0.25) is 5.02 Å². The van der Waals surface area contributed by atoms with Crippen LogP contribution in [0.4, 0.5) is 33.5 Å². The maximum absolute atomic E-state index is 16.4. The molecule has 0 saturated carbocycles. The predicted octanol–water partition coefficient (Wildman–Crippen LogP) is 5.68. The van der Waals surface area contributed by atoms with Gasteiger partial charge in [0.05, 0.1) is 22.4 Å². The molecule has 1 aliphatic heterocycles. The highest BCUT2D eigenvalue weighted by molar-refractivity contribution is 6.31. The zero-order valence-electron chi connectivity index (χ0n) is 22.4. The number of nitrogen functional groups attached to an aromatic ring is 1. The van der Waals surface area contributed by atoms with Gasteiger partial charge in [0, 0.05) is 36.6 Å². The van der Waals surface area contributed by atoms with Gasteiger partial charge < -0.3 is 25.8 Å². The van der Waals surface area contributed by atoms with Gasteiger partial charge in [-0.2, -0.15) is 23.1 Å². The van der Waals surface area contributed by atoms with Crippen molar-refractivity contribution < 1.29 is 31.4 Å². The highest BCUT2D eigenvalue weighted by Gasteiger charge is 2.39. The molecule has 3 aromatic heterocycles. The van der Waals surface area contributed by atoms with Gasteiger partial charge in [-0.15, -0.1) is 0 Å². The van der Waals surface area contributed by atoms with E-state index in [2.05, 4.69) is 30.6 Å². The first-order valence-corrected chi connectivity index (χ1v) is 13.2. The molecule has 5 rings (SSSR count). The number of hydrogen-bond acceptors (Lipinski definition) is 9. The number of alkyl halides is 3. The largest absolute Gasteiger partial charge is 0.474 e. The topological polar surface area (TPSA) is 120 Å². The van der Waals surface area contributed by atoms with Crippen molar-refractivity contribution in [2.75, 3.05) is 30.7 Å². The lowest BCUT2D eigenvalue weighted by atomic mass is 9.96. The van der Waals surface area contributed by atoms with E-state index < -0.39 is 57.5 Å². The van der Waals surface area contributed by atoms with Gasteiger partial charge >= 0.3 is 12.2 Å². The second-order valence-electron chi connectivity index (χ2n) is 9.63. The Balaban J connectivity index is 1.77. The van der Waals surface area contributed by atoms with Crippen LogP contribution in [-0.4, -0.2) is 45.7 Å². The number of pyridine rings is 2. The van der Waals surface area contributed by atoms with Crippen LogP contribution in [0.1, 0.15) is 30.0 Å². The summed E-state index contributed by atoms with van der Waals surface area (Å²) in [6.07, 6.45) is -2.11. The fourth-order valence-electron chi connectivity index (χ4n) is 4.56. The molecule has 0 radical (unpaired) electrons. The fourth-order valence-corrected chi connectivity index (χ4v) is 4.73. The second-order valence-corrected chi connectivity index (χ2v) is 10.0. The molecule has 0 bridgehead atoms. The summed E-state index contributed by atoms with van der Waals surface area (Å²) in [7, 11) is 0. The van der Waals surface area contributed by atoms with Crippen LogP contribution in [0.25, 0.3) is 22.2 Å². The zero-order chi connectivity index (χ0) is 30.2. The lowest BCUT2D eigenvalue weighted by Gasteiger charge is -2.21. The van der Waals surface area contributed by atoms with Crippen molar-refractivity contribution in [2.45, 2.75) is 39.2 Å². The number of hydrogen-bond donors (Lipinski definition) is 3. The predicted molar refractivity (Wildman–Crippen MR) is 146 cm³/mol. The summed E-state index contributed by atoms with van der Waals surface area (Å²) in [5.41, 5.74) is 1.46. The van der Waals surface area contributed by atoms with Crippen LogP contribution in [0.5, 0.6) is 11.9 Å². The molecule has 1 aromatic carbocycles. The number of halogens is 6. The Morgan fingerprint density at radius 1 is 1.14 bits per heavy atom. The molecule has 0 saturated heterocycles. The molecule has 1 aliphatic rings. The number of nitrogens with two attached hydrogens (primary N) is 1. The summed E-state index contributed by atoms with van der Waals surface area (Å²) < 4.78 is 85.3. The summed E-state index contributed by atoms with van der Waals surface area (Å²) in [5.74, 6) is -2.62. The Morgan fingerprint density at radius 2 is 1.93 bits per heavy atom. The van der Waals surface area contributed by atoms with Crippen LogP contribution in [0.15, 0.2) is 24.5 Å². The van der Waals surface area contributed by atoms with Crippen molar-refractivity contribution in [3.05, 3.63) is 57.9 Å². The maximum atomic E-state index is 16.4. The van der Waals surface area contributed by atoms with Crippen LogP contribution in [-0.2, 0) is 12.8 Å². The summed E-state index contributed by atoms with van der Waals surface area (Å²) in [6.45, 7) is 3.98. The standard InChI is InChI=1S/C27H25ClF5N7O2/c1-12-3-5-35-7-8-37-24-18-23(39-26(40-24)41-11-14-4-6-36-10-16(14)28)21(30)22(38-25(18)42-12)15-9-17(34)20(29)13(2)19(15)27(31,32)33/h4,6,9-10,12,35H,3,5,7-8,11,34H2,1-2H3,(H,37,39,40). The summed E-state index contributed by atoms with van der Waals surface area (Å²) in [6, 6.07) is 2.03. The minimum Gasteiger partial charge on any atom is -0.474 e. The van der Waals surface area contributed by atoms with Gasteiger partial charge in [0.25, 0.3) is 0 Å². The number of aromatic nitrogens is 4. The molecule has 1 unspecified atom stereocenters. The van der Waals surface area contributed by atoms with Crippen LogP contribution in [0.3, 0.4) is 0 Å². The Kier molecular flexibility index (Phi) is 8.19. The van der Waals surface area contributed by atoms with E-state index in [9.17, 15) is 17.6 Å². The van der Waals surface area contributed by atoms with E-state index in [0.29, 0.717) is 42.7 Å². The van der Waals surface area contributed by atoms with Gasteiger partial charge in [-0.25, -0.2) is 13.8 Å². The molecule has 0 fully saturated rings. The molecule has 15 heteroatoms. The van der Waals surface area contributed by atoms with Crippen molar-refractivity contribution in [3.8, 4) is 23.1 Å². The number of nitrogens with one attached hydrogen (secondary N) is 2. The smallest absolute Gasteiger partial charge is 0.417 e. The van der Waals surface area contributed by atoms with E-state index in [1.807, 2.05) is 0 Å². The van der Waals surface area contributed by atoms with E-state index in [1.165, 1.54) is 12.4 Å². The van der Waals surface area contributed by atoms with Crippen molar-refractivity contribution >= 4 is 34.0 Å². The average molecular weight is 610 g/mol. The molecule has 4 N–H and O–H groups in total. The van der Waals surface area contributed by atoms with Crippen molar-refractivity contribution in [1.82, 2.24) is 25.3 Å². The SMILES string of the molecule is Cc1c(F)c(N)cc(-c2nc3c4c(nc(OCc5ccncc5Cl)nc4c2F)NCCNCCC(C)O3)c1C(F)(F)F. The molecular formula is C27H25ClF5N7O2. The molecule has 0 amide bonds. The summed E-state index contributed by atoms with van der Waals surface area (Å²) in [5, 5.41) is 6.61. The van der Waals surface area contributed by atoms with Gasteiger partial charge in [-0.05, 0) is 44.5 Å². The number of ether oxygens (including phenoxy) is 2. The van der Waals surface area contributed by atoms with Gasteiger partial charge in [0.15, 0.2) is 5.82 Å². The Morgan fingerprint density at radius 3 is 2.67 bits per heavy atom. The molecule has 0 aliphatic carbocycles. The minimum atomic E-state index is -5.06. The monoisotopic (exact) mass is 609 g/mol. The number of anilines is 2. The molecule has 9 nitrogen and oxygen atoms in total. The van der Waals surface area contributed by atoms with Crippen molar-refractivity contribution in [2.24, 2.45) is 0 Å².